The molecule has 0 unspecified atom stereocenters. The number of thioether (sulfide) groups is 1. The summed E-state index contributed by atoms with van der Waals surface area (Å²) in [6.07, 6.45) is 3.38. The first kappa shape index (κ1) is 19.8. The van der Waals surface area contributed by atoms with Crippen molar-refractivity contribution in [3.63, 3.8) is 0 Å². The predicted octanol–water partition coefficient (Wildman–Crippen LogP) is 3.78. The van der Waals surface area contributed by atoms with Crippen LogP contribution in [0.1, 0.15) is 19.9 Å². The molecule has 7 nitrogen and oxygen atoms in total. The maximum atomic E-state index is 13.2. The van der Waals surface area contributed by atoms with Gasteiger partial charge in [-0.3, -0.25) is 9.36 Å². The number of aromatic nitrogens is 5. The van der Waals surface area contributed by atoms with Crippen LogP contribution in [0.15, 0.2) is 54.3 Å². The number of nitrogens with zero attached hydrogens (tertiary/aromatic N) is 5. The van der Waals surface area contributed by atoms with Gasteiger partial charge in [-0.05, 0) is 38.1 Å². The smallest absolute Gasteiger partial charge is 0.235 e. The molecule has 0 bridgehead atoms. The summed E-state index contributed by atoms with van der Waals surface area (Å²) in [5.41, 5.74) is 0.743. The molecule has 28 heavy (non-hydrogen) atoms. The number of hydrogen-bond acceptors (Lipinski definition) is 5. The minimum Gasteiger partial charge on any atom is -0.310 e. The topological polar surface area (TPSA) is 77.6 Å². The van der Waals surface area contributed by atoms with Crippen LogP contribution in [0.3, 0.4) is 0 Å². The molecule has 2 heterocycles. The van der Waals surface area contributed by atoms with Crippen LogP contribution in [-0.2, 0) is 11.3 Å². The SMILES string of the molecule is C=CCn1c(SCC(=O)Nc2ccnn2C(C)C)nnc1-c1ccc(F)cc1. The average Bonchev–Trinajstić information content (AvgIpc) is 3.28. The fourth-order valence-corrected chi connectivity index (χ4v) is 3.38. The van der Waals surface area contributed by atoms with Crippen molar-refractivity contribution in [3.05, 3.63) is 55.0 Å². The van der Waals surface area contributed by atoms with E-state index in [1.165, 1.54) is 23.9 Å². The van der Waals surface area contributed by atoms with Gasteiger partial charge in [0.25, 0.3) is 0 Å². The monoisotopic (exact) mass is 400 g/mol. The van der Waals surface area contributed by atoms with Gasteiger partial charge in [0, 0.05) is 24.2 Å². The number of benzene rings is 1. The zero-order valence-electron chi connectivity index (χ0n) is 15.7. The van der Waals surface area contributed by atoms with Crippen molar-refractivity contribution in [2.24, 2.45) is 0 Å². The molecule has 0 fully saturated rings. The Morgan fingerprint density at radius 2 is 2.04 bits per heavy atom. The molecule has 2 aromatic heterocycles. The van der Waals surface area contributed by atoms with Gasteiger partial charge in [0.2, 0.25) is 5.91 Å². The van der Waals surface area contributed by atoms with Crippen LogP contribution in [-0.4, -0.2) is 36.2 Å². The van der Waals surface area contributed by atoms with Gasteiger partial charge in [-0.1, -0.05) is 17.8 Å². The minimum atomic E-state index is -0.314. The highest BCUT2D eigenvalue weighted by atomic mass is 32.2. The highest BCUT2D eigenvalue weighted by molar-refractivity contribution is 7.99. The average molecular weight is 400 g/mol. The molecule has 1 N–H and O–H groups in total. The molecule has 0 saturated carbocycles. The fourth-order valence-electron chi connectivity index (χ4n) is 2.64. The third-order valence-corrected chi connectivity index (χ3v) is 4.86. The lowest BCUT2D eigenvalue weighted by Crippen LogP contribution is -2.18. The van der Waals surface area contributed by atoms with Gasteiger partial charge in [-0.15, -0.1) is 16.8 Å². The van der Waals surface area contributed by atoms with E-state index in [9.17, 15) is 9.18 Å². The number of allylic oxidation sites excluding steroid dienone is 1. The molecule has 0 aliphatic rings. The minimum absolute atomic E-state index is 0.145. The summed E-state index contributed by atoms with van der Waals surface area (Å²) in [5.74, 6) is 0.942. The Hall–Kier alpha value is -2.94. The Morgan fingerprint density at radius 3 is 2.71 bits per heavy atom. The van der Waals surface area contributed by atoms with Crippen molar-refractivity contribution in [2.45, 2.75) is 31.6 Å². The Morgan fingerprint density at radius 1 is 1.29 bits per heavy atom. The number of anilines is 1. The van der Waals surface area contributed by atoms with E-state index in [1.807, 2.05) is 18.4 Å². The second kappa shape index (κ2) is 8.83. The van der Waals surface area contributed by atoms with Crippen LogP contribution < -0.4 is 5.32 Å². The van der Waals surface area contributed by atoms with E-state index in [2.05, 4.69) is 27.2 Å². The number of amides is 1. The second-order valence-electron chi connectivity index (χ2n) is 6.30. The molecule has 146 valence electrons. The van der Waals surface area contributed by atoms with E-state index in [-0.39, 0.29) is 23.5 Å². The summed E-state index contributed by atoms with van der Waals surface area (Å²) in [4.78, 5) is 12.3. The highest BCUT2D eigenvalue weighted by Gasteiger charge is 2.16. The maximum Gasteiger partial charge on any atom is 0.235 e. The third-order valence-electron chi connectivity index (χ3n) is 3.89. The zero-order chi connectivity index (χ0) is 20.1. The van der Waals surface area contributed by atoms with Crippen LogP contribution in [0.25, 0.3) is 11.4 Å². The molecular formula is C19H21FN6OS. The van der Waals surface area contributed by atoms with Crippen molar-refractivity contribution in [1.82, 2.24) is 24.5 Å². The first-order chi connectivity index (χ1) is 13.5. The van der Waals surface area contributed by atoms with Crippen LogP contribution in [0.4, 0.5) is 10.2 Å². The Labute approximate surface area is 166 Å². The summed E-state index contributed by atoms with van der Waals surface area (Å²) >= 11 is 1.28. The lowest BCUT2D eigenvalue weighted by Gasteiger charge is -2.12. The van der Waals surface area contributed by atoms with Crippen molar-refractivity contribution in [3.8, 4) is 11.4 Å². The Kier molecular flexibility index (Phi) is 6.25. The second-order valence-corrected chi connectivity index (χ2v) is 7.25. The molecule has 3 rings (SSSR count). The quantitative estimate of drug-likeness (QED) is 0.460. The molecule has 0 saturated heterocycles. The fraction of sp³-hybridized carbons (Fsp3) is 0.263. The number of hydrogen-bond donors (Lipinski definition) is 1. The number of nitrogens with one attached hydrogen (secondary N) is 1. The number of halogens is 1. The van der Waals surface area contributed by atoms with Gasteiger partial charge in [0.15, 0.2) is 11.0 Å². The molecule has 1 aromatic carbocycles. The molecule has 0 radical (unpaired) electrons. The summed E-state index contributed by atoms with van der Waals surface area (Å²) in [6.45, 7) is 8.22. The first-order valence-electron chi connectivity index (χ1n) is 8.75. The Balaban J connectivity index is 1.71. The predicted molar refractivity (Wildman–Crippen MR) is 108 cm³/mol. The molecule has 0 spiro atoms. The van der Waals surface area contributed by atoms with Crippen LogP contribution in [0.5, 0.6) is 0 Å². The van der Waals surface area contributed by atoms with E-state index < -0.39 is 0 Å². The van der Waals surface area contributed by atoms with Gasteiger partial charge < -0.3 is 5.32 Å². The summed E-state index contributed by atoms with van der Waals surface area (Å²) < 4.78 is 16.8. The molecule has 0 aliphatic carbocycles. The number of rotatable bonds is 8. The lowest BCUT2D eigenvalue weighted by atomic mass is 10.2. The van der Waals surface area contributed by atoms with Crippen molar-refractivity contribution >= 4 is 23.5 Å². The van der Waals surface area contributed by atoms with Gasteiger partial charge >= 0.3 is 0 Å². The van der Waals surface area contributed by atoms with E-state index in [1.54, 1.807) is 35.2 Å². The van der Waals surface area contributed by atoms with Crippen LogP contribution >= 0.6 is 11.8 Å². The summed E-state index contributed by atoms with van der Waals surface area (Å²) in [6, 6.07) is 7.95. The summed E-state index contributed by atoms with van der Waals surface area (Å²) in [5, 5.41) is 16.0. The lowest BCUT2D eigenvalue weighted by molar-refractivity contribution is -0.113. The highest BCUT2D eigenvalue weighted by Crippen LogP contribution is 2.24. The molecular weight excluding hydrogens is 379 g/mol. The van der Waals surface area contributed by atoms with Gasteiger partial charge in [-0.2, -0.15) is 5.10 Å². The Bertz CT molecular complexity index is 963. The molecule has 0 atom stereocenters. The third kappa shape index (κ3) is 4.48. The van der Waals surface area contributed by atoms with Crippen molar-refractivity contribution < 1.29 is 9.18 Å². The van der Waals surface area contributed by atoms with E-state index in [0.717, 1.165) is 5.56 Å². The summed E-state index contributed by atoms with van der Waals surface area (Å²) in [7, 11) is 0. The maximum absolute atomic E-state index is 13.2. The van der Waals surface area contributed by atoms with E-state index >= 15 is 0 Å². The zero-order valence-corrected chi connectivity index (χ0v) is 16.5. The normalized spacial score (nSPS) is 11.0. The molecule has 1 amide bonds. The van der Waals surface area contributed by atoms with Gasteiger partial charge in [0.05, 0.1) is 11.9 Å². The largest absolute Gasteiger partial charge is 0.310 e. The number of carbonyl (C=O) groups is 1. The van der Waals surface area contributed by atoms with Crippen molar-refractivity contribution in [2.75, 3.05) is 11.1 Å². The van der Waals surface area contributed by atoms with E-state index in [0.29, 0.717) is 23.3 Å². The molecule has 9 heteroatoms. The van der Waals surface area contributed by atoms with E-state index in [4.69, 9.17) is 0 Å². The molecule has 0 aliphatic heterocycles. The number of carbonyl (C=O) groups excluding carboxylic acids is 1. The first-order valence-corrected chi connectivity index (χ1v) is 9.74. The van der Waals surface area contributed by atoms with Gasteiger partial charge in [0.1, 0.15) is 11.6 Å². The van der Waals surface area contributed by atoms with Crippen molar-refractivity contribution in [1.29, 1.82) is 0 Å². The van der Waals surface area contributed by atoms with Gasteiger partial charge in [-0.25, -0.2) is 9.07 Å². The molecule has 3 aromatic rings. The standard InChI is InChI=1S/C19H21FN6OS/c1-4-11-25-18(14-5-7-15(20)8-6-14)23-24-19(25)28-12-17(27)22-16-9-10-21-26(16)13(2)3/h4-10,13H,1,11-12H2,2-3H3,(H,22,27). The van der Waals surface area contributed by atoms with Crippen LogP contribution in [0.2, 0.25) is 0 Å². The van der Waals surface area contributed by atoms with Crippen LogP contribution in [0, 0.1) is 5.82 Å².